The molecule has 1 saturated heterocycles. The lowest BCUT2D eigenvalue weighted by atomic mass is 10.1. The van der Waals surface area contributed by atoms with Crippen LogP contribution >= 0.6 is 0 Å². The number of allylic oxidation sites excluding steroid dienone is 6. The van der Waals surface area contributed by atoms with Crippen molar-refractivity contribution >= 4 is 0 Å². The normalized spacial score (nSPS) is 22.9. The fourth-order valence-electron chi connectivity index (χ4n) is 3.54. The Morgan fingerprint density at radius 3 is 2.10 bits per heavy atom. The van der Waals surface area contributed by atoms with E-state index in [0.717, 1.165) is 51.7 Å². The van der Waals surface area contributed by atoms with Gasteiger partial charge in [0.1, 0.15) is 0 Å². The first kappa shape index (κ1) is 26.1. The summed E-state index contributed by atoms with van der Waals surface area (Å²) in [5.41, 5.74) is 0. The summed E-state index contributed by atoms with van der Waals surface area (Å²) in [5, 5.41) is 0. The molecule has 0 amide bonds. The first-order chi connectivity index (χ1) is 14.1. The minimum Gasteiger partial charge on any atom is -0.348 e. The largest absolute Gasteiger partial charge is 0.348 e. The molecule has 2 atom stereocenters. The molecule has 0 bridgehead atoms. The summed E-state index contributed by atoms with van der Waals surface area (Å²) >= 11 is 0. The van der Waals surface area contributed by atoms with Crippen LogP contribution in [0.2, 0.25) is 0 Å². The highest BCUT2D eigenvalue weighted by atomic mass is 16.7. The molecular formula is C26H47NO2. The third-order valence-electron chi connectivity index (χ3n) is 5.41. The molecule has 3 nitrogen and oxygen atoms in total. The van der Waals surface area contributed by atoms with Crippen molar-refractivity contribution in [2.24, 2.45) is 0 Å². The molecule has 1 rings (SSSR count). The van der Waals surface area contributed by atoms with Gasteiger partial charge in [0.15, 0.2) is 5.79 Å². The third kappa shape index (κ3) is 14.7. The molecule has 0 radical (unpaired) electrons. The van der Waals surface area contributed by atoms with Crippen LogP contribution in [0.4, 0.5) is 0 Å². The molecule has 168 valence electrons. The Bertz CT molecular complexity index is 469. The van der Waals surface area contributed by atoms with Crippen molar-refractivity contribution < 1.29 is 9.47 Å². The minimum atomic E-state index is -0.368. The lowest BCUT2D eigenvalue weighted by Gasteiger charge is -2.23. The van der Waals surface area contributed by atoms with Crippen LogP contribution in [0.25, 0.3) is 0 Å². The Morgan fingerprint density at radius 2 is 1.48 bits per heavy atom. The second-order valence-electron chi connectivity index (χ2n) is 8.76. The number of rotatable bonds is 17. The molecule has 1 heterocycles. The Kier molecular flexibility index (Phi) is 15.2. The highest BCUT2D eigenvalue weighted by Gasteiger charge is 2.36. The summed E-state index contributed by atoms with van der Waals surface area (Å²) in [7, 11) is 4.21. The average Bonchev–Trinajstić information content (AvgIpc) is 3.07. The summed E-state index contributed by atoms with van der Waals surface area (Å²) in [6.45, 7) is 6.16. The molecule has 1 aliphatic heterocycles. The number of hydrogen-bond acceptors (Lipinski definition) is 3. The van der Waals surface area contributed by atoms with Gasteiger partial charge >= 0.3 is 0 Å². The van der Waals surface area contributed by atoms with Crippen LogP contribution in [0.3, 0.4) is 0 Å². The number of nitrogens with zero attached hydrogens (tertiary/aromatic N) is 1. The predicted octanol–water partition coefficient (Wildman–Crippen LogP) is 7.05. The quantitative estimate of drug-likeness (QED) is 0.191. The lowest BCUT2D eigenvalue weighted by molar-refractivity contribution is -0.159. The van der Waals surface area contributed by atoms with Crippen LogP contribution < -0.4 is 0 Å². The van der Waals surface area contributed by atoms with Gasteiger partial charge in [0.2, 0.25) is 0 Å². The van der Waals surface area contributed by atoms with E-state index in [0.29, 0.717) is 0 Å². The lowest BCUT2D eigenvalue weighted by Crippen LogP contribution is -2.27. The van der Waals surface area contributed by atoms with Crippen molar-refractivity contribution in [3.8, 4) is 0 Å². The molecule has 0 aromatic carbocycles. The van der Waals surface area contributed by atoms with Gasteiger partial charge in [-0.3, -0.25) is 0 Å². The Balaban J connectivity index is 1.97. The molecule has 0 N–H and O–H groups in total. The SMILES string of the molecule is CCCCCC/C=C\C/C=C\C/C=C\CCCCC1(C)OCC(CCN(C)C)O1. The summed E-state index contributed by atoms with van der Waals surface area (Å²) in [6, 6.07) is 0. The zero-order valence-electron chi connectivity index (χ0n) is 19.7. The van der Waals surface area contributed by atoms with Crippen LogP contribution in [0, 0.1) is 0 Å². The molecule has 0 aromatic rings. The maximum absolute atomic E-state index is 6.14. The van der Waals surface area contributed by atoms with Crippen LogP contribution in [-0.2, 0) is 9.47 Å². The van der Waals surface area contributed by atoms with Crippen LogP contribution in [-0.4, -0.2) is 44.0 Å². The molecule has 3 heteroatoms. The Labute approximate surface area is 181 Å². The molecule has 2 unspecified atom stereocenters. The van der Waals surface area contributed by atoms with E-state index in [-0.39, 0.29) is 11.9 Å². The molecule has 0 spiro atoms. The van der Waals surface area contributed by atoms with Gasteiger partial charge < -0.3 is 14.4 Å². The van der Waals surface area contributed by atoms with E-state index in [4.69, 9.17) is 9.47 Å². The minimum absolute atomic E-state index is 0.255. The molecular weight excluding hydrogens is 358 g/mol. The third-order valence-corrected chi connectivity index (χ3v) is 5.41. The number of hydrogen-bond donors (Lipinski definition) is 0. The van der Waals surface area contributed by atoms with Crippen molar-refractivity contribution in [2.45, 2.75) is 103 Å². The monoisotopic (exact) mass is 405 g/mol. The summed E-state index contributed by atoms with van der Waals surface area (Å²) in [5.74, 6) is -0.368. The predicted molar refractivity (Wildman–Crippen MR) is 126 cm³/mol. The fourth-order valence-corrected chi connectivity index (χ4v) is 3.54. The molecule has 0 aliphatic carbocycles. The summed E-state index contributed by atoms with van der Waals surface area (Å²) in [4.78, 5) is 2.20. The van der Waals surface area contributed by atoms with E-state index in [1.807, 2.05) is 0 Å². The second-order valence-corrected chi connectivity index (χ2v) is 8.76. The van der Waals surface area contributed by atoms with Gasteiger partial charge in [-0.2, -0.15) is 0 Å². The van der Waals surface area contributed by atoms with Gasteiger partial charge in [-0.15, -0.1) is 0 Å². The molecule has 29 heavy (non-hydrogen) atoms. The zero-order valence-corrected chi connectivity index (χ0v) is 19.7. The first-order valence-corrected chi connectivity index (χ1v) is 12.0. The summed E-state index contributed by atoms with van der Waals surface area (Å²) < 4.78 is 12.1. The van der Waals surface area contributed by atoms with Gasteiger partial charge in [-0.05, 0) is 72.4 Å². The smallest absolute Gasteiger partial charge is 0.166 e. The highest BCUT2D eigenvalue weighted by Crippen LogP contribution is 2.30. The molecule has 0 saturated carbocycles. The fraction of sp³-hybridized carbons (Fsp3) is 0.769. The van der Waals surface area contributed by atoms with E-state index < -0.39 is 0 Å². The molecule has 1 aliphatic rings. The molecule has 0 aromatic heterocycles. The number of unbranched alkanes of at least 4 members (excludes halogenated alkanes) is 6. The average molecular weight is 406 g/mol. The van der Waals surface area contributed by atoms with Gasteiger partial charge in [0.05, 0.1) is 12.7 Å². The van der Waals surface area contributed by atoms with Crippen LogP contribution in [0.5, 0.6) is 0 Å². The molecule has 1 fully saturated rings. The van der Waals surface area contributed by atoms with Crippen LogP contribution in [0.15, 0.2) is 36.5 Å². The maximum atomic E-state index is 6.14. The van der Waals surface area contributed by atoms with E-state index in [2.05, 4.69) is 69.3 Å². The van der Waals surface area contributed by atoms with Crippen molar-refractivity contribution in [3.05, 3.63) is 36.5 Å². The topological polar surface area (TPSA) is 21.7 Å². The van der Waals surface area contributed by atoms with Gasteiger partial charge in [-0.25, -0.2) is 0 Å². The summed E-state index contributed by atoms with van der Waals surface area (Å²) in [6.07, 6.45) is 28.3. The zero-order chi connectivity index (χ0) is 21.2. The standard InChI is InChI=1S/C26H47NO2/c1-5-6-7-8-9-10-11-12-13-14-15-16-17-18-19-20-22-26(2)28-24-25(29-26)21-23-27(3)4/h10-11,13-14,16-17,25H,5-9,12,15,18-24H2,1-4H3/b11-10-,14-13-,17-16-. The van der Waals surface area contributed by atoms with E-state index in [1.165, 1.54) is 38.5 Å². The maximum Gasteiger partial charge on any atom is 0.166 e. The van der Waals surface area contributed by atoms with Gasteiger partial charge in [-0.1, -0.05) is 62.6 Å². The van der Waals surface area contributed by atoms with E-state index >= 15 is 0 Å². The Morgan fingerprint density at radius 1 is 0.862 bits per heavy atom. The second kappa shape index (κ2) is 16.8. The van der Waals surface area contributed by atoms with Crippen molar-refractivity contribution in [1.82, 2.24) is 4.90 Å². The Hall–Kier alpha value is -0.900. The van der Waals surface area contributed by atoms with Crippen molar-refractivity contribution in [2.75, 3.05) is 27.2 Å². The van der Waals surface area contributed by atoms with Gasteiger partial charge in [0.25, 0.3) is 0 Å². The first-order valence-electron chi connectivity index (χ1n) is 12.0. The van der Waals surface area contributed by atoms with Crippen molar-refractivity contribution in [3.63, 3.8) is 0 Å². The number of ether oxygens (including phenoxy) is 2. The highest BCUT2D eigenvalue weighted by molar-refractivity contribution is 4.97. The van der Waals surface area contributed by atoms with Gasteiger partial charge in [0, 0.05) is 13.0 Å². The van der Waals surface area contributed by atoms with E-state index in [1.54, 1.807) is 0 Å². The van der Waals surface area contributed by atoms with E-state index in [9.17, 15) is 0 Å². The van der Waals surface area contributed by atoms with Crippen LogP contribution in [0.1, 0.15) is 90.9 Å². The van der Waals surface area contributed by atoms with Crippen molar-refractivity contribution in [1.29, 1.82) is 0 Å².